The molecular weight excluding hydrogens is 372 g/mol. The predicted molar refractivity (Wildman–Crippen MR) is 104 cm³/mol. The van der Waals surface area contributed by atoms with Crippen LogP contribution in [0.5, 0.6) is 0 Å². The Hall–Kier alpha value is -3.00. The number of carbonyl (C=O) groups is 1. The topological polar surface area (TPSA) is 99.0 Å². The Labute approximate surface area is 161 Å². The van der Waals surface area contributed by atoms with E-state index < -0.39 is 11.0 Å². The first-order chi connectivity index (χ1) is 13.0. The first-order valence-electron chi connectivity index (χ1n) is 8.44. The van der Waals surface area contributed by atoms with Crippen molar-refractivity contribution in [3.63, 3.8) is 0 Å². The quantitative estimate of drug-likeness (QED) is 0.597. The minimum absolute atomic E-state index is 0.0108. The molecule has 0 aromatic heterocycles. The molecule has 1 saturated heterocycles. The van der Waals surface area contributed by atoms with E-state index in [9.17, 15) is 14.9 Å². The summed E-state index contributed by atoms with van der Waals surface area (Å²) < 4.78 is 0. The van der Waals surface area contributed by atoms with Gasteiger partial charge in [-0.05, 0) is 29.8 Å². The Morgan fingerprint density at radius 3 is 2.52 bits per heavy atom. The number of para-hydroxylation sites is 1. The van der Waals surface area contributed by atoms with Crippen LogP contribution in [0.2, 0.25) is 5.02 Å². The summed E-state index contributed by atoms with van der Waals surface area (Å²) in [6, 6.07) is 12.4. The number of nitrogens with zero attached hydrogens (tertiary/aromatic N) is 3. The summed E-state index contributed by atoms with van der Waals surface area (Å²) in [7, 11) is 0. The average molecular weight is 391 g/mol. The second kappa shape index (κ2) is 8.13. The van der Waals surface area contributed by atoms with E-state index >= 15 is 0 Å². The number of piperazine rings is 1. The number of benzene rings is 2. The van der Waals surface area contributed by atoms with Crippen molar-refractivity contribution in [1.29, 1.82) is 0 Å². The fraction of sp³-hybridized carbons (Fsp3) is 0.278. The highest BCUT2D eigenvalue weighted by Crippen LogP contribution is 2.36. The first-order valence-corrected chi connectivity index (χ1v) is 8.82. The average Bonchev–Trinajstić information content (AvgIpc) is 2.66. The van der Waals surface area contributed by atoms with E-state index in [1.807, 2.05) is 17.0 Å². The van der Waals surface area contributed by atoms with E-state index in [0.717, 1.165) is 5.56 Å². The lowest BCUT2D eigenvalue weighted by Crippen LogP contribution is -2.48. The monoisotopic (exact) mass is 390 g/mol. The van der Waals surface area contributed by atoms with Crippen LogP contribution in [0.25, 0.3) is 0 Å². The number of anilines is 2. The van der Waals surface area contributed by atoms with Gasteiger partial charge in [-0.25, -0.2) is 4.79 Å². The van der Waals surface area contributed by atoms with Gasteiger partial charge in [0.15, 0.2) is 0 Å². The zero-order valence-electron chi connectivity index (χ0n) is 14.5. The van der Waals surface area contributed by atoms with Gasteiger partial charge < -0.3 is 20.2 Å². The Kier molecular flexibility index (Phi) is 5.66. The van der Waals surface area contributed by atoms with E-state index in [2.05, 4.69) is 5.32 Å². The Balaban J connectivity index is 1.80. The van der Waals surface area contributed by atoms with Crippen molar-refractivity contribution in [2.24, 2.45) is 0 Å². The van der Waals surface area contributed by atoms with Gasteiger partial charge >= 0.3 is 11.8 Å². The molecule has 1 aliphatic rings. The fourth-order valence-corrected chi connectivity index (χ4v) is 3.32. The molecule has 8 nitrogen and oxygen atoms in total. The molecule has 0 saturated carbocycles. The molecule has 0 bridgehead atoms. The predicted octanol–water partition coefficient (Wildman–Crippen LogP) is 3.66. The number of amides is 1. The van der Waals surface area contributed by atoms with Crippen molar-refractivity contribution in [1.82, 2.24) is 4.90 Å². The molecule has 9 heteroatoms. The zero-order chi connectivity index (χ0) is 19.4. The van der Waals surface area contributed by atoms with Gasteiger partial charge in [0.2, 0.25) is 0 Å². The number of halogens is 1. The third kappa shape index (κ3) is 4.40. The SMILES string of the molecule is O=C(O)N1CCN(c2cccc(NCc3cccc(Cl)c3)c2[N+](=O)[O-])CC1. The summed E-state index contributed by atoms with van der Waals surface area (Å²) in [5.41, 5.74) is 1.81. The standard InChI is InChI=1S/C18H19ClN4O4/c19-14-4-1-3-13(11-14)12-20-15-5-2-6-16(17(15)23(26)27)21-7-9-22(10-8-21)18(24)25/h1-6,11,20H,7-10,12H2,(H,24,25). The number of hydrogen-bond donors (Lipinski definition) is 2. The lowest BCUT2D eigenvalue weighted by Gasteiger charge is -2.34. The van der Waals surface area contributed by atoms with Crippen molar-refractivity contribution in [2.75, 3.05) is 36.4 Å². The Morgan fingerprint density at radius 2 is 1.89 bits per heavy atom. The highest BCUT2D eigenvalue weighted by molar-refractivity contribution is 6.30. The zero-order valence-corrected chi connectivity index (χ0v) is 15.2. The van der Waals surface area contributed by atoms with Crippen molar-refractivity contribution in [2.45, 2.75) is 6.54 Å². The molecule has 0 unspecified atom stereocenters. The normalized spacial score (nSPS) is 14.1. The maximum Gasteiger partial charge on any atom is 0.407 e. The molecule has 2 aromatic carbocycles. The molecule has 1 aliphatic heterocycles. The van der Waals surface area contributed by atoms with E-state index in [1.54, 1.807) is 30.3 Å². The molecule has 2 aromatic rings. The molecule has 0 atom stereocenters. The van der Waals surface area contributed by atoms with Crippen LogP contribution in [0, 0.1) is 10.1 Å². The Morgan fingerprint density at radius 1 is 1.19 bits per heavy atom. The minimum Gasteiger partial charge on any atom is -0.465 e. The summed E-state index contributed by atoms with van der Waals surface area (Å²) in [6.07, 6.45) is -0.971. The van der Waals surface area contributed by atoms with Gasteiger partial charge in [-0.3, -0.25) is 10.1 Å². The molecule has 27 heavy (non-hydrogen) atoms. The van der Waals surface area contributed by atoms with Gasteiger partial charge in [0, 0.05) is 37.7 Å². The summed E-state index contributed by atoms with van der Waals surface area (Å²) >= 11 is 5.98. The molecule has 1 amide bonds. The van der Waals surface area contributed by atoms with Gasteiger partial charge in [-0.15, -0.1) is 0 Å². The van der Waals surface area contributed by atoms with Gasteiger partial charge in [-0.2, -0.15) is 0 Å². The molecule has 0 aliphatic carbocycles. The van der Waals surface area contributed by atoms with Crippen LogP contribution in [-0.4, -0.2) is 47.2 Å². The maximum atomic E-state index is 11.7. The van der Waals surface area contributed by atoms with Crippen molar-refractivity contribution in [3.8, 4) is 0 Å². The molecule has 142 valence electrons. The van der Waals surface area contributed by atoms with E-state index in [1.165, 1.54) is 4.90 Å². The highest BCUT2D eigenvalue weighted by Gasteiger charge is 2.27. The first kappa shape index (κ1) is 18.8. The third-order valence-electron chi connectivity index (χ3n) is 4.46. The highest BCUT2D eigenvalue weighted by atomic mass is 35.5. The summed E-state index contributed by atoms with van der Waals surface area (Å²) in [6.45, 7) is 1.84. The minimum atomic E-state index is -0.971. The van der Waals surface area contributed by atoms with Crippen LogP contribution in [-0.2, 0) is 6.54 Å². The lowest BCUT2D eigenvalue weighted by atomic mass is 10.1. The molecule has 3 rings (SSSR count). The molecule has 1 heterocycles. The summed E-state index contributed by atoms with van der Waals surface area (Å²) in [5.74, 6) is 0. The summed E-state index contributed by atoms with van der Waals surface area (Å²) in [5, 5.41) is 24.5. The maximum absolute atomic E-state index is 11.7. The molecular formula is C18H19ClN4O4. The summed E-state index contributed by atoms with van der Waals surface area (Å²) in [4.78, 5) is 25.5. The second-order valence-corrected chi connectivity index (χ2v) is 6.61. The largest absolute Gasteiger partial charge is 0.465 e. The molecule has 0 radical (unpaired) electrons. The van der Waals surface area contributed by atoms with Crippen LogP contribution in [0.15, 0.2) is 42.5 Å². The van der Waals surface area contributed by atoms with E-state index in [0.29, 0.717) is 49.1 Å². The van der Waals surface area contributed by atoms with Gasteiger partial charge in [0.1, 0.15) is 11.4 Å². The smallest absolute Gasteiger partial charge is 0.407 e. The van der Waals surface area contributed by atoms with Crippen LogP contribution in [0.1, 0.15) is 5.56 Å². The molecule has 2 N–H and O–H groups in total. The fourth-order valence-electron chi connectivity index (χ4n) is 3.10. The van der Waals surface area contributed by atoms with Gasteiger partial charge in [0.25, 0.3) is 0 Å². The number of nitrogens with one attached hydrogen (secondary N) is 1. The lowest BCUT2D eigenvalue weighted by molar-refractivity contribution is -0.383. The van der Waals surface area contributed by atoms with Crippen LogP contribution in [0.3, 0.4) is 0 Å². The molecule has 0 spiro atoms. The van der Waals surface area contributed by atoms with Crippen LogP contribution < -0.4 is 10.2 Å². The van der Waals surface area contributed by atoms with Gasteiger partial charge in [-0.1, -0.05) is 29.8 Å². The number of rotatable bonds is 5. The van der Waals surface area contributed by atoms with E-state index in [4.69, 9.17) is 16.7 Å². The van der Waals surface area contributed by atoms with Crippen molar-refractivity contribution in [3.05, 3.63) is 63.2 Å². The van der Waals surface area contributed by atoms with Crippen LogP contribution in [0.4, 0.5) is 21.9 Å². The Bertz CT molecular complexity index is 853. The van der Waals surface area contributed by atoms with Gasteiger partial charge in [0.05, 0.1) is 4.92 Å². The van der Waals surface area contributed by atoms with Crippen LogP contribution >= 0.6 is 11.6 Å². The molecule has 1 fully saturated rings. The third-order valence-corrected chi connectivity index (χ3v) is 4.70. The van der Waals surface area contributed by atoms with Crippen molar-refractivity contribution < 1.29 is 14.8 Å². The second-order valence-electron chi connectivity index (χ2n) is 6.17. The number of nitro groups is 1. The van der Waals surface area contributed by atoms with Crippen molar-refractivity contribution >= 4 is 34.8 Å². The number of carboxylic acid groups (broad SMARTS) is 1. The number of hydrogen-bond acceptors (Lipinski definition) is 5. The van der Waals surface area contributed by atoms with E-state index in [-0.39, 0.29) is 5.69 Å². The number of nitro benzene ring substituents is 1.